The van der Waals surface area contributed by atoms with Gasteiger partial charge in [0.15, 0.2) is 11.6 Å². The summed E-state index contributed by atoms with van der Waals surface area (Å²) in [5, 5.41) is 13.4. The van der Waals surface area contributed by atoms with Gasteiger partial charge in [-0.2, -0.15) is 0 Å². The average molecular weight is 1230 g/mol. The Morgan fingerprint density at radius 1 is 0.526 bits per heavy atom. The standard InChI is InChI=1S/C13H15NO2S2.C12H12N2O2S2.C9H11NO2S2.C7H10NO2Se.C3H7N3O2.C2H5N3O2/c1-3-11(15)8-6-4-5-7-9-12(16)14-13(18)10(2)17;1-7(17)12(18)14-11(16)9-5-3-8(4-6-9)10(15)13-2;1-3-7(11)4-5-8(12)10-9(14)6(2)13;1-5(9)3-4-7(10)8-6(2)11;4-2(7)1-6-3(5)8;3-1(6)5-2(4)7/h4-9H,3H2,1-2H3,(H,14,16,18);3-6H,1-2H3,(H,13,15)(H,14,16,18);4-5H,3H2,1-2H3,(H,10,12,14);3-4H2,1-2H3;1H2,(H2,4,7)(H3,5,6,8);(H5,3,4,5,6,7)/b5-4+,8-6+,9-7+;;5-4+;;;. The minimum Gasteiger partial charge on any atom is -0.368 e. The SMILES string of the molecule is CC(=O)CCC(=O)N=C(C)[Se].CCC(=O)/C=C/C(=O)NC(=S)C(C)=S.CCC(=O)/C=C/C=C/C=C/C(=O)NC(=S)C(C)=S.CNC(=O)c1ccc(C(=O)NC(=S)C(C)=S)cc1.NC(=O)CNC(N)=O.NC(=O)NC(N)=O. The fraction of sp³-hybridized carbons (Fsp3) is 0.283. The summed E-state index contributed by atoms with van der Waals surface area (Å²) < 4.78 is 0.610. The number of rotatable bonds is 18. The summed E-state index contributed by atoms with van der Waals surface area (Å²) in [7, 11) is 1.55. The summed E-state index contributed by atoms with van der Waals surface area (Å²) in [5.41, 5.74) is 19.0. The van der Waals surface area contributed by atoms with Gasteiger partial charge in [-0.1, -0.05) is 111 Å². The molecule has 1 radical (unpaired) electrons. The number of nitrogens with zero attached hydrogens (tertiary/aromatic N) is 1. The zero-order valence-electron chi connectivity index (χ0n) is 42.5. The molecular formula is C46H60N11O12S6Se. The number of nitrogens with two attached hydrogens (primary N) is 4. The van der Waals surface area contributed by atoms with Crippen molar-refractivity contribution in [1.82, 2.24) is 31.9 Å². The number of ketones is 3. The van der Waals surface area contributed by atoms with Gasteiger partial charge in [0.05, 0.1) is 6.54 Å². The van der Waals surface area contributed by atoms with E-state index in [4.69, 9.17) is 73.3 Å². The van der Waals surface area contributed by atoms with Crippen molar-refractivity contribution in [1.29, 1.82) is 0 Å². The first-order chi connectivity index (χ1) is 35.2. The van der Waals surface area contributed by atoms with Crippen LogP contribution in [0.4, 0.5) is 14.4 Å². The van der Waals surface area contributed by atoms with E-state index in [1.54, 1.807) is 102 Å². The van der Waals surface area contributed by atoms with Crippen LogP contribution in [0.15, 0.2) is 77.9 Å². The predicted molar refractivity (Wildman–Crippen MR) is 316 cm³/mol. The molecule has 23 nitrogen and oxygen atoms in total. The Bertz CT molecular complexity index is 2460. The van der Waals surface area contributed by atoms with Gasteiger partial charge in [0.1, 0.15) is 15.0 Å². The number of primary amides is 4. The summed E-state index contributed by atoms with van der Waals surface area (Å²) in [5.74, 6) is -2.18. The molecule has 1 aromatic carbocycles. The molecule has 0 bridgehead atoms. The molecule has 0 saturated heterocycles. The van der Waals surface area contributed by atoms with Crippen molar-refractivity contribution in [2.24, 2.45) is 27.9 Å². The molecule has 0 aromatic heterocycles. The summed E-state index contributed by atoms with van der Waals surface area (Å²) in [4.78, 5) is 133. The van der Waals surface area contributed by atoms with Crippen molar-refractivity contribution in [3.8, 4) is 0 Å². The van der Waals surface area contributed by atoms with E-state index in [2.05, 4.69) is 65.2 Å². The van der Waals surface area contributed by atoms with Crippen LogP contribution < -0.4 is 54.8 Å². The number of amides is 12. The zero-order valence-corrected chi connectivity index (χ0v) is 49.1. The third-order valence-electron chi connectivity index (χ3n) is 6.93. The molecule has 1 aromatic rings. The van der Waals surface area contributed by atoms with E-state index in [0.29, 0.717) is 43.2 Å². The van der Waals surface area contributed by atoms with E-state index < -0.39 is 29.9 Å². The maximum absolute atomic E-state index is 11.8. The summed E-state index contributed by atoms with van der Waals surface area (Å²) in [6.45, 7) is 11.4. The molecule has 0 aliphatic heterocycles. The van der Waals surface area contributed by atoms with Crippen LogP contribution in [-0.2, 0) is 33.6 Å². The van der Waals surface area contributed by atoms with Crippen LogP contribution in [0.3, 0.4) is 0 Å². The molecule has 0 spiro atoms. The second-order valence-corrected chi connectivity index (χ2v) is 17.9. The maximum Gasteiger partial charge on any atom is 0.320 e. The second-order valence-electron chi connectivity index (χ2n) is 13.6. The molecule has 0 fully saturated rings. The Morgan fingerprint density at radius 2 is 0.921 bits per heavy atom. The summed E-state index contributed by atoms with van der Waals surface area (Å²) in [6, 6.07) is 3.63. The molecule has 12 amide bonds. The predicted octanol–water partition coefficient (Wildman–Crippen LogP) is 2.66. The first kappa shape index (κ1) is 77.8. The Kier molecular flexibility index (Phi) is 48.8. The first-order valence-corrected chi connectivity index (χ1v) is 24.5. The molecule has 413 valence electrons. The van der Waals surface area contributed by atoms with E-state index in [-0.39, 0.29) is 75.3 Å². The first-order valence-electron chi connectivity index (χ1n) is 21.2. The third kappa shape index (κ3) is 54.7. The number of carbonyl (C=O) groups excluding carboxylic acids is 12. The zero-order chi connectivity index (χ0) is 60.1. The van der Waals surface area contributed by atoms with Crippen LogP contribution in [0.25, 0.3) is 0 Å². The van der Waals surface area contributed by atoms with Crippen LogP contribution in [0, 0.1) is 0 Å². The average Bonchev–Trinajstić information content (AvgIpc) is 3.32. The van der Waals surface area contributed by atoms with Gasteiger partial charge in [-0.25, -0.2) is 14.4 Å². The van der Waals surface area contributed by atoms with Crippen molar-refractivity contribution in [3.63, 3.8) is 0 Å². The molecule has 0 aliphatic rings. The smallest absolute Gasteiger partial charge is 0.320 e. The summed E-state index contributed by atoms with van der Waals surface area (Å²) in [6.07, 6.45) is 13.0. The van der Waals surface area contributed by atoms with Gasteiger partial charge in [-0.15, -0.1) is 0 Å². The number of imide groups is 1. The maximum atomic E-state index is 11.8. The molecule has 14 N–H and O–H groups in total. The molecule has 30 heteroatoms. The molecule has 1 rings (SSSR count). The Balaban J connectivity index is -0.000000274. The van der Waals surface area contributed by atoms with Crippen LogP contribution in [0.5, 0.6) is 0 Å². The Morgan fingerprint density at radius 3 is 1.25 bits per heavy atom. The molecule has 0 aliphatic carbocycles. The van der Waals surface area contributed by atoms with Crippen LogP contribution >= 0.6 is 73.3 Å². The van der Waals surface area contributed by atoms with Gasteiger partial charge < -0.3 is 49.5 Å². The number of thiocarbonyl (C=S) groups is 6. The Labute approximate surface area is 480 Å². The quantitative estimate of drug-likeness (QED) is 0.0332. The van der Waals surface area contributed by atoms with Crippen molar-refractivity contribution < 1.29 is 57.5 Å². The number of hydrogen-bond donors (Lipinski definition) is 10. The van der Waals surface area contributed by atoms with Crippen LogP contribution in [-0.4, -0.2) is 135 Å². The number of urea groups is 3. The van der Waals surface area contributed by atoms with Gasteiger partial charge in [0.25, 0.3) is 11.8 Å². The number of carbonyl (C=O) groups is 12. The van der Waals surface area contributed by atoms with Gasteiger partial charge in [0.2, 0.25) is 17.7 Å². The number of Topliss-reactive ketones (excluding diaryl/α,β-unsaturated/α-hetero) is 1. The fourth-order valence-corrected chi connectivity index (χ4v) is 3.97. The number of hydrogen-bond acceptors (Lipinski definition) is 18. The largest absolute Gasteiger partial charge is 0.368 e. The minimum atomic E-state index is -0.938. The van der Waals surface area contributed by atoms with Gasteiger partial charge in [0, 0.05) is 57.8 Å². The molecule has 0 atom stereocenters. The van der Waals surface area contributed by atoms with Crippen molar-refractivity contribution in [2.75, 3.05) is 13.6 Å². The molecule has 0 unspecified atom stereocenters. The van der Waals surface area contributed by atoms with Gasteiger partial charge in [-0.05, 0) is 57.2 Å². The number of benzene rings is 1. The van der Waals surface area contributed by atoms with E-state index in [0.717, 1.165) is 6.08 Å². The minimum absolute atomic E-state index is 0.0197. The molecule has 76 heavy (non-hydrogen) atoms. The third-order valence-corrected chi connectivity index (χ3v) is 9.35. The van der Waals surface area contributed by atoms with E-state index >= 15 is 0 Å². The van der Waals surface area contributed by atoms with Crippen LogP contribution in [0.1, 0.15) is 94.9 Å². The van der Waals surface area contributed by atoms with Crippen molar-refractivity contribution in [3.05, 3.63) is 84.0 Å². The molecule has 0 saturated carbocycles. The normalized spacial score (nSPS) is 9.87. The summed E-state index contributed by atoms with van der Waals surface area (Å²) >= 11 is 31.5. The van der Waals surface area contributed by atoms with E-state index in [9.17, 15) is 57.5 Å². The second kappa shape index (κ2) is 47.6. The fourth-order valence-electron chi connectivity index (χ4n) is 3.31. The van der Waals surface area contributed by atoms with Crippen molar-refractivity contribution >= 4 is 194 Å². The van der Waals surface area contributed by atoms with Crippen LogP contribution in [0.2, 0.25) is 0 Å². The number of nitrogens with one attached hydrogen (secondary N) is 6. The van der Waals surface area contributed by atoms with Gasteiger partial charge >= 0.3 is 91.7 Å². The topological polar surface area (TPSA) is 393 Å². The monoisotopic (exact) mass is 1230 g/mol. The van der Waals surface area contributed by atoms with E-state index in [1.165, 1.54) is 25.2 Å². The molecular weight excluding hydrogens is 1170 g/mol. The van der Waals surface area contributed by atoms with Gasteiger partial charge in [-0.3, -0.25) is 38.9 Å². The number of allylic oxidation sites excluding steroid dienone is 6. The molecule has 0 heterocycles. The van der Waals surface area contributed by atoms with E-state index in [1.807, 2.05) is 5.32 Å². The Hall–Kier alpha value is -7.05. The van der Waals surface area contributed by atoms with Crippen molar-refractivity contribution in [2.45, 2.75) is 74.1 Å². The number of aliphatic imine (C=N–C) groups is 1.